The normalized spacial score (nSPS) is 14.1. The van der Waals surface area contributed by atoms with Crippen molar-refractivity contribution in [3.63, 3.8) is 0 Å². The summed E-state index contributed by atoms with van der Waals surface area (Å²) in [5.41, 5.74) is -1.26. The van der Waals surface area contributed by atoms with Crippen molar-refractivity contribution in [2.24, 2.45) is 0 Å². The SMILES string of the molecule is CC(C)(C)OC(=O)NC(C)(Cc1cccc(I)c1)C(=O)O. The number of aliphatic carboxylic acids is 1. The molecule has 1 aromatic carbocycles. The van der Waals surface area contributed by atoms with Crippen LogP contribution in [0.1, 0.15) is 33.3 Å². The van der Waals surface area contributed by atoms with Crippen molar-refractivity contribution in [2.45, 2.75) is 45.3 Å². The lowest BCUT2D eigenvalue weighted by atomic mass is 9.93. The number of benzene rings is 1. The van der Waals surface area contributed by atoms with Gasteiger partial charge in [0, 0.05) is 9.99 Å². The number of rotatable bonds is 4. The van der Waals surface area contributed by atoms with Gasteiger partial charge in [-0.25, -0.2) is 9.59 Å². The van der Waals surface area contributed by atoms with E-state index in [1.807, 2.05) is 24.3 Å². The number of ether oxygens (including phenoxy) is 1. The highest BCUT2D eigenvalue weighted by Crippen LogP contribution is 2.17. The summed E-state index contributed by atoms with van der Waals surface area (Å²) in [5.74, 6) is -1.10. The number of hydrogen-bond donors (Lipinski definition) is 2. The second kappa shape index (κ2) is 6.64. The molecule has 0 aliphatic carbocycles. The van der Waals surface area contributed by atoms with Crippen LogP contribution in [0.25, 0.3) is 0 Å². The third-order valence-electron chi connectivity index (χ3n) is 2.70. The van der Waals surface area contributed by atoms with Gasteiger partial charge in [-0.3, -0.25) is 0 Å². The summed E-state index contributed by atoms with van der Waals surface area (Å²) >= 11 is 2.16. The molecule has 1 amide bonds. The van der Waals surface area contributed by atoms with E-state index in [0.717, 1.165) is 9.13 Å². The minimum absolute atomic E-state index is 0.179. The van der Waals surface area contributed by atoms with E-state index >= 15 is 0 Å². The van der Waals surface area contributed by atoms with Crippen molar-refractivity contribution in [2.75, 3.05) is 0 Å². The first-order valence-electron chi connectivity index (χ1n) is 6.51. The Morgan fingerprint density at radius 3 is 2.38 bits per heavy atom. The van der Waals surface area contributed by atoms with Gasteiger partial charge in [0.25, 0.3) is 0 Å². The molecule has 0 spiro atoms. The Hall–Kier alpha value is -1.31. The van der Waals surface area contributed by atoms with Gasteiger partial charge in [-0.2, -0.15) is 0 Å². The molecule has 2 N–H and O–H groups in total. The summed E-state index contributed by atoms with van der Waals surface area (Å²) in [6.07, 6.45) is -0.559. The smallest absolute Gasteiger partial charge is 0.408 e. The Morgan fingerprint density at radius 2 is 1.90 bits per heavy atom. The summed E-state index contributed by atoms with van der Waals surface area (Å²) in [7, 11) is 0. The van der Waals surface area contributed by atoms with Crippen LogP contribution in [0.2, 0.25) is 0 Å². The second-order valence-electron chi connectivity index (χ2n) is 6.07. The molecule has 0 heterocycles. The lowest BCUT2D eigenvalue weighted by molar-refractivity contribution is -0.144. The van der Waals surface area contributed by atoms with Crippen LogP contribution in [-0.4, -0.2) is 28.3 Å². The molecule has 0 aromatic heterocycles. The maximum absolute atomic E-state index is 11.8. The third-order valence-corrected chi connectivity index (χ3v) is 3.37. The topological polar surface area (TPSA) is 75.6 Å². The maximum Gasteiger partial charge on any atom is 0.408 e. The van der Waals surface area contributed by atoms with Crippen LogP contribution in [0.15, 0.2) is 24.3 Å². The standard InChI is InChI=1S/C15H20INO4/c1-14(2,3)21-13(20)17-15(4,12(18)19)9-10-6-5-7-11(16)8-10/h5-8H,9H2,1-4H3,(H,17,20)(H,18,19). The summed E-state index contributed by atoms with van der Waals surface area (Å²) < 4.78 is 6.14. The molecule has 0 radical (unpaired) electrons. The van der Waals surface area contributed by atoms with Gasteiger partial charge in [0.2, 0.25) is 0 Å². The first-order chi connectivity index (χ1) is 9.52. The number of halogens is 1. The minimum Gasteiger partial charge on any atom is -0.480 e. The van der Waals surface area contributed by atoms with Crippen LogP contribution in [0.5, 0.6) is 0 Å². The summed E-state index contributed by atoms with van der Waals surface area (Å²) in [6.45, 7) is 6.65. The average Bonchev–Trinajstić information content (AvgIpc) is 2.25. The molecule has 21 heavy (non-hydrogen) atoms. The van der Waals surface area contributed by atoms with Gasteiger partial charge in [-0.1, -0.05) is 12.1 Å². The summed E-state index contributed by atoms with van der Waals surface area (Å²) in [4.78, 5) is 23.4. The maximum atomic E-state index is 11.8. The highest BCUT2D eigenvalue weighted by atomic mass is 127. The van der Waals surface area contributed by atoms with Crippen molar-refractivity contribution in [3.05, 3.63) is 33.4 Å². The highest BCUT2D eigenvalue weighted by molar-refractivity contribution is 14.1. The van der Waals surface area contributed by atoms with Crippen molar-refractivity contribution < 1.29 is 19.4 Å². The van der Waals surface area contributed by atoms with E-state index < -0.39 is 23.2 Å². The molecular weight excluding hydrogens is 385 g/mol. The van der Waals surface area contributed by atoms with Gasteiger partial charge in [0.05, 0.1) is 0 Å². The minimum atomic E-state index is -1.42. The molecule has 1 unspecified atom stereocenters. The fourth-order valence-electron chi connectivity index (χ4n) is 1.76. The van der Waals surface area contributed by atoms with Gasteiger partial charge in [-0.15, -0.1) is 0 Å². The molecular formula is C15H20INO4. The number of nitrogens with one attached hydrogen (secondary N) is 1. The molecule has 0 bridgehead atoms. The van der Waals surface area contributed by atoms with Crippen molar-refractivity contribution in [3.8, 4) is 0 Å². The van der Waals surface area contributed by atoms with Crippen LogP contribution >= 0.6 is 22.6 Å². The number of carboxylic acids is 1. The molecule has 1 atom stereocenters. The highest BCUT2D eigenvalue weighted by Gasteiger charge is 2.36. The van der Waals surface area contributed by atoms with Crippen LogP contribution < -0.4 is 5.32 Å². The predicted octanol–water partition coefficient (Wildman–Crippen LogP) is 3.20. The van der Waals surface area contributed by atoms with Gasteiger partial charge in [0.15, 0.2) is 0 Å². The van der Waals surface area contributed by atoms with Crippen LogP contribution in [-0.2, 0) is 16.0 Å². The van der Waals surface area contributed by atoms with Crippen LogP contribution in [0, 0.1) is 3.57 Å². The Kier molecular flexibility index (Phi) is 5.61. The molecule has 1 rings (SSSR count). The van der Waals surface area contributed by atoms with Gasteiger partial charge >= 0.3 is 12.1 Å². The fourth-order valence-corrected chi connectivity index (χ4v) is 2.36. The zero-order valence-electron chi connectivity index (χ0n) is 12.6. The monoisotopic (exact) mass is 405 g/mol. The van der Waals surface area contributed by atoms with Crippen molar-refractivity contribution >= 4 is 34.7 Å². The number of carbonyl (C=O) groups is 2. The number of carboxylic acid groups (broad SMARTS) is 1. The van der Waals surface area contributed by atoms with Gasteiger partial charge in [0.1, 0.15) is 11.1 Å². The van der Waals surface area contributed by atoms with E-state index in [2.05, 4.69) is 27.9 Å². The first kappa shape index (κ1) is 17.7. The molecule has 0 aliphatic rings. The van der Waals surface area contributed by atoms with Crippen molar-refractivity contribution in [1.29, 1.82) is 0 Å². The average molecular weight is 405 g/mol. The zero-order valence-corrected chi connectivity index (χ0v) is 14.7. The molecule has 0 aliphatic heterocycles. The molecule has 5 nitrogen and oxygen atoms in total. The summed E-state index contributed by atoms with van der Waals surface area (Å²) in [5, 5.41) is 11.9. The van der Waals surface area contributed by atoms with Gasteiger partial charge in [-0.05, 0) is 68.0 Å². The number of hydrogen-bond acceptors (Lipinski definition) is 3. The van der Waals surface area contributed by atoms with Gasteiger partial charge < -0.3 is 15.2 Å². The molecule has 6 heteroatoms. The van der Waals surface area contributed by atoms with E-state index in [1.54, 1.807) is 20.8 Å². The largest absolute Gasteiger partial charge is 0.480 e. The Morgan fingerprint density at radius 1 is 1.29 bits per heavy atom. The Bertz CT molecular complexity index is 539. The molecule has 116 valence electrons. The lowest BCUT2D eigenvalue weighted by Gasteiger charge is -2.28. The second-order valence-corrected chi connectivity index (χ2v) is 7.32. The quantitative estimate of drug-likeness (QED) is 0.755. The Balaban J connectivity index is 2.88. The van der Waals surface area contributed by atoms with E-state index in [-0.39, 0.29) is 6.42 Å². The predicted molar refractivity (Wildman–Crippen MR) is 88.3 cm³/mol. The van der Waals surface area contributed by atoms with Crippen molar-refractivity contribution in [1.82, 2.24) is 5.32 Å². The van der Waals surface area contributed by atoms with E-state index in [4.69, 9.17) is 4.74 Å². The molecule has 0 saturated heterocycles. The van der Waals surface area contributed by atoms with E-state index in [0.29, 0.717) is 0 Å². The number of amides is 1. The lowest BCUT2D eigenvalue weighted by Crippen LogP contribution is -2.54. The van der Waals surface area contributed by atoms with E-state index in [1.165, 1.54) is 6.92 Å². The number of alkyl carbamates (subject to hydrolysis) is 1. The molecule has 1 aromatic rings. The zero-order chi connectivity index (χ0) is 16.3. The Labute approximate surface area is 138 Å². The summed E-state index contributed by atoms with van der Waals surface area (Å²) in [6, 6.07) is 7.49. The first-order valence-corrected chi connectivity index (χ1v) is 7.59. The number of carbonyl (C=O) groups excluding carboxylic acids is 1. The molecule has 0 saturated carbocycles. The third kappa shape index (κ3) is 5.91. The van der Waals surface area contributed by atoms with Crippen LogP contribution in [0.3, 0.4) is 0 Å². The fraction of sp³-hybridized carbons (Fsp3) is 0.467. The molecule has 0 fully saturated rings. The van der Waals surface area contributed by atoms with E-state index in [9.17, 15) is 14.7 Å². The van der Waals surface area contributed by atoms with Crippen LogP contribution in [0.4, 0.5) is 4.79 Å².